The van der Waals surface area contributed by atoms with E-state index in [1.807, 2.05) is 13.8 Å². The molecule has 3 rings (SSSR count). The molecule has 3 aromatic rings. The van der Waals surface area contributed by atoms with Gasteiger partial charge in [0.25, 0.3) is 0 Å². The van der Waals surface area contributed by atoms with Gasteiger partial charge in [-0.3, -0.25) is 0 Å². The quantitative estimate of drug-likeness (QED) is 0.550. The number of rotatable bonds is 2. The van der Waals surface area contributed by atoms with Crippen molar-refractivity contribution in [2.24, 2.45) is 0 Å². The molecule has 3 aromatic carbocycles. The molecule has 0 spiro atoms. The molecule has 0 amide bonds. The van der Waals surface area contributed by atoms with Gasteiger partial charge in [-0.25, -0.2) is 0 Å². The molecule has 0 heterocycles. The van der Waals surface area contributed by atoms with Crippen LogP contribution in [-0.4, -0.2) is 0 Å². The van der Waals surface area contributed by atoms with Crippen molar-refractivity contribution in [3.05, 3.63) is 83.4 Å². The van der Waals surface area contributed by atoms with E-state index in [0.29, 0.717) is 0 Å². The van der Waals surface area contributed by atoms with Gasteiger partial charge in [0.2, 0.25) is 0 Å². The first-order valence-corrected chi connectivity index (χ1v) is 7.35. The third-order valence-electron chi connectivity index (χ3n) is 3.38. The van der Waals surface area contributed by atoms with Crippen molar-refractivity contribution in [1.82, 2.24) is 0 Å². The third-order valence-corrected chi connectivity index (χ3v) is 3.38. The summed E-state index contributed by atoms with van der Waals surface area (Å²) in [6.07, 6.45) is 1.01. The molecular weight excluding hydrogens is 240 g/mol. The molecule has 0 bridgehead atoms. The smallest absolute Gasteiger partial charge is 0.00255 e. The van der Waals surface area contributed by atoms with Crippen molar-refractivity contribution in [2.45, 2.75) is 27.2 Å². The first kappa shape index (κ1) is 14.3. The second-order valence-corrected chi connectivity index (χ2v) is 4.80. The summed E-state index contributed by atoms with van der Waals surface area (Å²) in [7, 11) is 0. The molecule has 20 heavy (non-hydrogen) atoms. The number of hydrogen-bond acceptors (Lipinski definition) is 0. The zero-order chi connectivity index (χ0) is 14.4. The number of aryl methyl sites for hydroxylation is 1. The van der Waals surface area contributed by atoms with Gasteiger partial charge < -0.3 is 0 Å². The first-order valence-electron chi connectivity index (χ1n) is 7.35. The van der Waals surface area contributed by atoms with Gasteiger partial charge in [0.15, 0.2) is 0 Å². The lowest BCUT2D eigenvalue weighted by Crippen LogP contribution is -1.89. The van der Waals surface area contributed by atoms with E-state index in [4.69, 9.17) is 0 Å². The molecule has 0 radical (unpaired) electrons. The highest BCUT2D eigenvalue weighted by molar-refractivity contribution is 5.86. The molecule has 0 unspecified atom stereocenters. The second-order valence-electron chi connectivity index (χ2n) is 4.80. The van der Waals surface area contributed by atoms with Crippen LogP contribution in [0.2, 0.25) is 0 Å². The Hall–Kier alpha value is -2.08. The van der Waals surface area contributed by atoms with E-state index in [9.17, 15) is 0 Å². The number of benzene rings is 3. The van der Waals surface area contributed by atoms with E-state index in [1.165, 1.54) is 27.5 Å². The topological polar surface area (TPSA) is 0 Å². The molecular formula is C20H22. The summed E-state index contributed by atoms with van der Waals surface area (Å²) < 4.78 is 0. The molecule has 0 atom stereocenters. The van der Waals surface area contributed by atoms with Crippen molar-refractivity contribution in [1.29, 1.82) is 0 Å². The Bertz CT molecular complexity index is 666. The highest BCUT2D eigenvalue weighted by Crippen LogP contribution is 2.22. The highest BCUT2D eigenvalue weighted by Gasteiger charge is 2.01. The lowest BCUT2D eigenvalue weighted by Gasteiger charge is -2.07. The number of fused-ring (bicyclic) bond motifs is 1. The molecule has 0 nitrogen and oxygen atoms in total. The van der Waals surface area contributed by atoms with Crippen molar-refractivity contribution >= 4 is 10.8 Å². The Labute approximate surface area is 122 Å². The van der Waals surface area contributed by atoms with Crippen LogP contribution in [0.15, 0.2) is 66.7 Å². The van der Waals surface area contributed by atoms with Crippen LogP contribution in [0, 0.1) is 6.92 Å². The summed E-state index contributed by atoms with van der Waals surface area (Å²) in [5.74, 6) is 0. The molecule has 0 aliphatic heterocycles. The Balaban J connectivity index is 0.000000704. The van der Waals surface area contributed by atoms with Crippen molar-refractivity contribution in [3.63, 3.8) is 0 Å². The maximum Gasteiger partial charge on any atom is -0.00255 e. The Morgan fingerprint density at radius 1 is 0.700 bits per heavy atom. The molecule has 102 valence electrons. The molecule has 0 N–H and O–H groups in total. The fourth-order valence-corrected chi connectivity index (χ4v) is 2.51. The van der Waals surface area contributed by atoms with Crippen LogP contribution in [0.3, 0.4) is 0 Å². The highest BCUT2D eigenvalue weighted by atomic mass is 14.1. The third kappa shape index (κ3) is 3.27. The van der Waals surface area contributed by atoms with Gasteiger partial charge in [0.05, 0.1) is 0 Å². The Morgan fingerprint density at radius 2 is 1.35 bits per heavy atom. The zero-order valence-corrected chi connectivity index (χ0v) is 12.6. The minimum Gasteiger partial charge on any atom is -0.0683 e. The van der Waals surface area contributed by atoms with E-state index >= 15 is 0 Å². The molecule has 0 aliphatic carbocycles. The van der Waals surface area contributed by atoms with E-state index in [0.717, 1.165) is 6.42 Å². The molecule has 0 saturated heterocycles. The summed E-state index contributed by atoms with van der Waals surface area (Å²) in [6.45, 7) is 6.19. The van der Waals surface area contributed by atoms with Gasteiger partial charge >= 0.3 is 0 Å². The summed E-state index contributed by atoms with van der Waals surface area (Å²) >= 11 is 0. The predicted octanol–water partition coefficient (Wildman–Crippen LogP) is 5.77. The van der Waals surface area contributed by atoms with E-state index in [1.54, 1.807) is 0 Å². The van der Waals surface area contributed by atoms with Crippen LogP contribution in [0.25, 0.3) is 10.8 Å². The zero-order valence-electron chi connectivity index (χ0n) is 12.6. The summed E-state index contributed by atoms with van der Waals surface area (Å²) in [5.41, 5.74) is 4.11. The lowest BCUT2D eigenvalue weighted by molar-refractivity contribution is 1.19. The van der Waals surface area contributed by atoms with Crippen molar-refractivity contribution in [2.75, 3.05) is 0 Å². The fourth-order valence-electron chi connectivity index (χ4n) is 2.51. The number of hydrogen-bond donors (Lipinski definition) is 0. The van der Waals surface area contributed by atoms with Gasteiger partial charge in [-0.1, -0.05) is 80.6 Å². The van der Waals surface area contributed by atoms with Crippen LogP contribution in [0.1, 0.15) is 30.5 Å². The first-order chi connectivity index (χ1) is 9.83. The Kier molecular flexibility index (Phi) is 4.95. The van der Waals surface area contributed by atoms with Crippen LogP contribution in [0.5, 0.6) is 0 Å². The molecule has 0 saturated carbocycles. The van der Waals surface area contributed by atoms with Crippen LogP contribution >= 0.6 is 0 Å². The average molecular weight is 262 g/mol. The van der Waals surface area contributed by atoms with Gasteiger partial charge in [-0.15, -0.1) is 0 Å². The SMILES string of the molecule is CC.Cc1cc(Cc2ccccc2)cc2ccccc12. The van der Waals surface area contributed by atoms with E-state index in [-0.39, 0.29) is 0 Å². The second kappa shape index (κ2) is 6.91. The molecule has 0 fully saturated rings. The summed E-state index contributed by atoms with van der Waals surface area (Å²) in [4.78, 5) is 0. The molecule has 0 heteroatoms. The minimum absolute atomic E-state index is 1.01. The fraction of sp³-hybridized carbons (Fsp3) is 0.200. The van der Waals surface area contributed by atoms with Crippen molar-refractivity contribution in [3.8, 4) is 0 Å². The summed E-state index contributed by atoms with van der Waals surface area (Å²) in [6, 6.07) is 23.8. The minimum atomic E-state index is 1.01. The Morgan fingerprint density at radius 3 is 2.10 bits per heavy atom. The normalized spacial score (nSPS) is 9.95. The standard InChI is InChI=1S/C18H16.C2H6/c1-14-11-16(12-15-7-3-2-4-8-15)13-17-9-5-6-10-18(14)17;1-2/h2-11,13H,12H2,1H3;1-2H3. The van der Waals surface area contributed by atoms with Crippen LogP contribution < -0.4 is 0 Å². The van der Waals surface area contributed by atoms with Crippen LogP contribution in [0.4, 0.5) is 0 Å². The van der Waals surface area contributed by atoms with Gasteiger partial charge in [-0.05, 0) is 40.8 Å². The predicted molar refractivity (Wildman–Crippen MR) is 89.3 cm³/mol. The van der Waals surface area contributed by atoms with E-state index in [2.05, 4.69) is 73.7 Å². The van der Waals surface area contributed by atoms with Crippen molar-refractivity contribution < 1.29 is 0 Å². The maximum atomic E-state index is 2.30. The molecule has 0 aromatic heterocycles. The lowest BCUT2D eigenvalue weighted by atomic mass is 9.98. The monoisotopic (exact) mass is 262 g/mol. The van der Waals surface area contributed by atoms with Gasteiger partial charge in [-0.2, -0.15) is 0 Å². The average Bonchev–Trinajstić information content (AvgIpc) is 2.50. The molecule has 0 aliphatic rings. The van der Waals surface area contributed by atoms with Gasteiger partial charge in [0.1, 0.15) is 0 Å². The van der Waals surface area contributed by atoms with Crippen LogP contribution in [-0.2, 0) is 6.42 Å². The largest absolute Gasteiger partial charge is 0.0683 e. The van der Waals surface area contributed by atoms with E-state index < -0.39 is 0 Å². The van der Waals surface area contributed by atoms with Gasteiger partial charge in [0, 0.05) is 0 Å². The maximum absolute atomic E-state index is 2.30. The summed E-state index contributed by atoms with van der Waals surface area (Å²) in [5, 5.41) is 2.69.